The summed E-state index contributed by atoms with van der Waals surface area (Å²) in [5.74, 6) is 0.140. The molecular formula is C19H22N4O3. The second kappa shape index (κ2) is 7.77. The van der Waals surface area contributed by atoms with E-state index in [0.29, 0.717) is 29.1 Å². The normalized spacial score (nSPS) is 21.4. The van der Waals surface area contributed by atoms with Crippen LogP contribution in [-0.2, 0) is 4.79 Å². The molecule has 0 bridgehead atoms. The van der Waals surface area contributed by atoms with Crippen LogP contribution in [0.2, 0.25) is 0 Å². The highest BCUT2D eigenvalue weighted by molar-refractivity contribution is 5.92. The number of Topliss-reactive ketones (excluding diaryl/α,β-unsaturated/α-hetero) is 1. The third kappa shape index (κ3) is 3.66. The molecule has 7 heteroatoms. The highest BCUT2D eigenvalue weighted by atomic mass is 16.3. The first kappa shape index (κ1) is 18.2. The van der Waals surface area contributed by atoms with Gasteiger partial charge in [-0.3, -0.25) is 14.8 Å². The van der Waals surface area contributed by atoms with Crippen LogP contribution in [0.25, 0.3) is 11.0 Å². The van der Waals surface area contributed by atoms with Gasteiger partial charge < -0.3 is 15.1 Å². The lowest BCUT2D eigenvalue weighted by atomic mass is 9.86. The van der Waals surface area contributed by atoms with Crippen molar-refractivity contribution in [3.05, 3.63) is 30.1 Å². The second-order valence-corrected chi connectivity index (χ2v) is 6.98. The fourth-order valence-corrected chi connectivity index (χ4v) is 3.74. The molecule has 0 unspecified atom stereocenters. The van der Waals surface area contributed by atoms with E-state index in [1.165, 1.54) is 0 Å². The maximum atomic E-state index is 12.0. The van der Waals surface area contributed by atoms with Crippen molar-refractivity contribution in [2.75, 3.05) is 24.6 Å². The van der Waals surface area contributed by atoms with E-state index in [-0.39, 0.29) is 18.1 Å². The van der Waals surface area contributed by atoms with E-state index in [4.69, 9.17) is 5.11 Å². The molecule has 1 aliphatic rings. The van der Waals surface area contributed by atoms with Crippen LogP contribution in [0.4, 0.5) is 5.69 Å². The Morgan fingerprint density at radius 2 is 2.08 bits per heavy atom. The van der Waals surface area contributed by atoms with Gasteiger partial charge in [-0.2, -0.15) is 5.26 Å². The van der Waals surface area contributed by atoms with Crippen LogP contribution >= 0.6 is 0 Å². The highest BCUT2D eigenvalue weighted by Crippen LogP contribution is 2.32. The molecule has 0 saturated carbocycles. The number of carbonyl (C=O) groups excluding carboxylic acids is 1. The Balaban J connectivity index is 1.88. The molecule has 1 aromatic carbocycles. The third-order valence-corrected chi connectivity index (χ3v) is 4.85. The minimum Gasteiger partial charge on any atom is -0.393 e. The van der Waals surface area contributed by atoms with Gasteiger partial charge in [0.1, 0.15) is 23.2 Å². The number of aromatic nitrogens is 2. The van der Waals surface area contributed by atoms with Gasteiger partial charge in [0.25, 0.3) is 0 Å². The average Bonchev–Trinajstić information content (AvgIpc) is 2.65. The molecule has 2 heterocycles. The Bertz CT molecular complexity index is 848. The van der Waals surface area contributed by atoms with Crippen molar-refractivity contribution in [1.29, 1.82) is 5.26 Å². The molecule has 0 radical (unpaired) electrons. The predicted octanol–water partition coefficient (Wildman–Crippen LogP) is 1.28. The molecule has 3 atom stereocenters. The van der Waals surface area contributed by atoms with Gasteiger partial charge in [0, 0.05) is 31.9 Å². The largest absolute Gasteiger partial charge is 0.393 e. The summed E-state index contributed by atoms with van der Waals surface area (Å²) in [5, 5.41) is 27.8. The van der Waals surface area contributed by atoms with E-state index < -0.39 is 12.7 Å². The number of benzene rings is 1. The van der Waals surface area contributed by atoms with Crippen LogP contribution in [0.15, 0.2) is 24.5 Å². The predicted molar refractivity (Wildman–Crippen MR) is 96.5 cm³/mol. The molecule has 136 valence electrons. The molecule has 1 aromatic heterocycles. The number of rotatable bonds is 5. The Morgan fingerprint density at radius 3 is 2.77 bits per heavy atom. The zero-order chi connectivity index (χ0) is 18.7. The van der Waals surface area contributed by atoms with Gasteiger partial charge in [0.2, 0.25) is 0 Å². The van der Waals surface area contributed by atoms with E-state index in [1.807, 2.05) is 6.07 Å². The number of hydrogen-bond acceptors (Lipinski definition) is 7. The van der Waals surface area contributed by atoms with E-state index >= 15 is 0 Å². The summed E-state index contributed by atoms with van der Waals surface area (Å²) >= 11 is 0. The number of aliphatic hydroxyl groups is 2. The quantitative estimate of drug-likeness (QED) is 0.832. The van der Waals surface area contributed by atoms with Crippen LogP contribution < -0.4 is 4.90 Å². The van der Waals surface area contributed by atoms with Crippen LogP contribution in [0.3, 0.4) is 0 Å². The molecule has 1 aliphatic heterocycles. The number of hydrogen-bond donors (Lipinski definition) is 2. The minimum atomic E-state index is -1.30. The summed E-state index contributed by atoms with van der Waals surface area (Å²) in [6.07, 6.45) is 3.01. The fraction of sp³-hybridized carbons (Fsp3) is 0.474. The van der Waals surface area contributed by atoms with E-state index in [0.717, 1.165) is 18.7 Å². The first-order valence-electron chi connectivity index (χ1n) is 8.73. The molecule has 2 aromatic rings. The lowest BCUT2D eigenvalue weighted by Crippen LogP contribution is -2.41. The molecular weight excluding hydrogens is 332 g/mol. The van der Waals surface area contributed by atoms with Gasteiger partial charge in [-0.15, -0.1) is 0 Å². The molecule has 0 amide bonds. The standard InChI is InChI=1S/C19H22N4O3/c1-12-6-13(7-16(25)17(26)11-24)10-23(9-12)15-3-2-14(8-20)18-19(15)22-5-4-21-18/h2-5,12-13,17,24,26H,6-7,9-11H2,1H3/t12-,13-,17+/m0/s1. The zero-order valence-electron chi connectivity index (χ0n) is 14.7. The summed E-state index contributed by atoms with van der Waals surface area (Å²) in [6, 6.07) is 5.78. The van der Waals surface area contributed by atoms with Crippen LogP contribution in [-0.4, -0.2) is 51.8 Å². The monoisotopic (exact) mass is 354 g/mol. The topological polar surface area (TPSA) is 110 Å². The maximum Gasteiger partial charge on any atom is 0.163 e. The summed E-state index contributed by atoms with van der Waals surface area (Å²) in [4.78, 5) is 22.9. The Hall–Kier alpha value is -2.56. The smallest absolute Gasteiger partial charge is 0.163 e. The van der Waals surface area contributed by atoms with Crippen molar-refractivity contribution in [1.82, 2.24) is 9.97 Å². The van der Waals surface area contributed by atoms with Crippen molar-refractivity contribution >= 4 is 22.5 Å². The second-order valence-electron chi connectivity index (χ2n) is 6.98. The number of fused-ring (bicyclic) bond motifs is 1. The van der Waals surface area contributed by atoms with Gasteiger partial charge in [0.15, 0.2) is 5.78 Å². The van der Waals surface area contributed by atoms with Crippen molar-refractivity contribution < 1.29 is 15.0 Å². The van der Waals surface area contributed by atoms with Gasteiger partial charge in [-0.05, 0) is 30.4 Å². The van der Waals surface area contributed by atoms with Crippen molar-refractivity contribution in [3.8, 4) is 6.07 Å². The molecule has 26 heavy (non-hydrogen) atoms. The van der Waals surface area contributed by atoms with Gasteiger partial charge >= 0.3 is 0 Å². The summed E-state index contributed by atoms with van der Waals surface area (Å²) in [6.45, 7) is 3.07. The zero-order valence-corrected chi connectivity index (χ0v) is 14.7. The molecule has 2 N–H and O–H groups in total. The molecule has 0 spiro atoms. The molecule has 7 nitrogen and oxygen atoms in total. The average molecular weight is 354 g/mol. The van der Waals surface area contributed by atoms with E-state index in [1.54, 1.807) is 18.5 Å². The van der Waals surface area contributed by atoms with Crippen LogP contribution in [0, 0.1) is 23.2 Å². The highest BCUT2D eigenvalue weighted by Gasteiger charge is 2.29. The Kier molecular flexibility index (Phi) is 5.45. The maximum absolute atomic E-state index is 12.0. The first-order valence-corrected chi connectivity index (χ1v) is 8.73. The molecule has 3 rings (SSSR count). The lowest BCUT2D eigenvalue weighted by molar-refractivity contribution is -0.130. The molecule has 0 aliphatic carbocycles. The Labute approximate surface area is 151 Å². The molecule has 1 fully saturated rings. The minimum absolute atomic E-state index is 0.0924. The number of piperidine rings is 1. The van der Waals surface area contributed by atoms with E-state index in [9.17, 15) is 15.2 Å². The molecule has 1 saturated heterocycles. The summed E-state index contributed by atoms with van der Waals surface area (Å²) in [7, 11) is 0. The number of aliphatic hydroxyl groups excluding tert-OH is 2. The van der Waals surface area contributed by atoms with E-state index in [2.05, 4.69) is 27.9 Å². The van der Waals surface area contributed by atoms with Gasteiger partial charge in [0.05, 0.1) is 17.9 Å². The number of anilines is 1. The number of nitrogens with zero attached hydrogens (tertiary/aromatic N) is 4. The summed E-state index contributed by atoms with van der Waals surface area (Å²) in [5.41, 5.74) is 2.65. The summed E-state index contributed by atoms with van der Waals surface area (Å²) < 4.78 is 0. The lowest BCUT2D eigenvalue weighted by Gasteiger charge is -2.38. The van der Waals surface area contributed by atoms with Gasteiger partial charge in [-0.1, -0.05) is 6.92 Å². The number of ketones is 1. The van der Waals surface area contributed by atoms with Crippen molar-refractivity contribution in [2.24, 2.45) is 11.8 Å². The SMILES string of the molecule is C[C@H]1C[C@@H](CC(=O)[C@H](O)CO)CN(c2ccc(C#N)c3nccnc23)C1. The van der Waals surface area contributed by atoms with Crippen molar-refractivity contribution in [3.63, 3.8) is 0 Å². The van der Waals surface area contributed by atoms with Crippen LogP contribution in [0.5, 0.6) is 0 Å². The van der Waals surface area contributed by atoms with Crippen LogP contribution in [0.1, 0.15) is 25.3 Å². The first-order chi connectivity index (χ1) is 12.5. The number of nitriles is 1. The number of carbonyl (C=O) groups is 1. The Morgan fingerprint density at radius 1 is 1.35 bits per heavy atom. The van der Waals surface area contributed by atoms with Gasteiger partial charge in [-0.25, -0.2) is 0 Å². The third-order valence-electron chi connectivity index (χ3n) is 4.85. The fourth-order valence-electron chi connectivity index (χ4n) is 3.74. The van der Waals surface area contributed by atoms with Crippen molar-refractivity contribution in [2.45, 2.75) is 25.9 Å².